The van der Waals surface area contributed by atoms with Crippen LogP contribution in [0.1, 0.15) is 5.69 Å². The molecule has 3 rings (SSSR count). The highest BCUT2D eigenvalue weighted by atomic mass is 35.5. The molecule has 1 aromatic heterocycles. The monoisotopic (exact) mass is 379 g/mol. The van der Waals surface area contributed by atoms with E-state index in [2.05, 4.69) is 9.69 Å². The number of carbonyl (C=O) groups is 1. The molecule has 2 aromatic rings. The molecule has 1 aliphatic heterocycles. The Morgan fingerprint density at radius 2 is 2.00 bits per heavy atom. The summed E-state index contributed by atoms with van der Waals surface area (Å²) in [4.78, 5) is 11.9. The van der Waals surface area contributed by atoms with Crippen LogP contribution in [0.15, 0.2) is 24.3 Å². The van der Waals surface area contributed by atoms with Gasteiger partial charge in [0.15, 0.2) is 11.5 Å². The number of aryl methyl sites for hydroxylation is 1. The number of urea groups is 1. The largest absolute Gasteiger partial charge is 0.492 e. The van der Waals surface area contributed by atoms with Crippen LogP contribution >= 0.6 is 23.1 Å². The van der Waals surface area contributed by atoms with Gasteiger partial charge in [-0.15, -0.1) is 0 Å². The minimum Gasteiger partial charge on any atom is -0.424 e. The molecule has 0 bridgehead atoms. The summed E-state index contributed by atoms with van der Waals surface area (Å²) in [6.45, 7) is 1.68. The number of anilines is 1. The van der Waals surface area contributed by atoms with Crippen LogP contribution in [0.4, 0.5) is 23.0 Å². The predicted octanol–water partition coefficient (Wildman–Crippen LogP) is 3.91. The van der Waals surface area contributed by atoms with Crippen molar-refractivity contribution >= 4 is 34.2 Å². The van der Waals surface area contributed by atoms with Crippen LogP contribution in [0.2, 0.25) is 5.02 Å². The number of amides is 2. The first kappa shape index (κ1) is 16.7. The molecule has 11 heteroatoms. The van der Waals surface area contributed by atoms with Crippen LogP contribution in [0, 0.1) is 6.92 Å². The summed E-state index contributed by atoms with van der Waals surface area (Å²) in [7, 11) is 0. The number of ether oxygens (including phenoxy) is 2. The van der Waals surface area contributed by atoms with E-state index in [-0.39, 0.29) is 21.5 Å². The zero-order chi connectivity index (χ0) is 17.5. The highest BCUT2D eigenvalue weighted by Crippen LogP contribution is 2.46. The molecule has 0 saturated heterocycles. The number of carbonyl (C=O) groups excluding carboxylic acids is 1. The van der Waals surface area contributed by atoms with Crippen molar-refractivity contribution in [3.8, 4) is 11.5 Å². The van der Waals surface area contributed by atoms with Gasteiger partial charge in [0.25, 0.3) is 0 Å². The number of alkyl halides is 3. The molecule has 1 aromatic carbocycles. The van der Waals surface area contributed by atoms with E-state index in [1.165, 1.54) is 18.2 Å². The Balaban J connectivity index is 1.82. The predicted molar refractivity (Wildman–Crippen MR) is 80.5 cm³/mol. The van der Waals surface area contributed by atoms with Crippen molar-refractivity contribution < 1.29 is 27.4 Å². The number of rotatable bonds is 2. The Kier molecular flexibility index (Phi) is 3.96. The van der Waals surface area contributed by atoms with E-state index in [1.807, 2.05) is 0 Å². The van der Waals surface area contributed by atoms with E-state index in [4.69, 9.17) is 21.1 Å². The molecule has 0 spiro atoms. The van der Waals surface area contributed by atoms with Crippen LogP contribution in [0.25, 0.3) is 0 Å². The Morgan fingerprint density at radius 3 is 2.62 bits per heavy atom. The molecule has 1 unspecified atom stereocenters. The Bertz CT molecular complexity index is 798. The third-order valence-electron chi connectivity index (χ3n) is 2.93. The lowest BCUT2D eigenvalue weighted by Crippen LogP contribution is -2.65. The van der Waals surface area contributed by atoms with Crippen molar-refractivity contribution in [1.29, 1.82) is 0 Å². The molecular weight excluding hydrogens is 371 g/mol. The lowest BCUT2D eigenvalue weighted by molar-refractivity contribution is -0.317. The van der Waals surface area contributed by atoms with Crippen molar-refractivity contribution in [3.05, 3.63) is 35.0 Å². The van der Waals surface area contributed by atoms with Crippen LogP contribution in [-0.2, 0) is 0 Å². The van der Waals surface area contributed by atoms with E-state index in [0.29, 0.717) is 5.69 Å². The van der Waals surface area contributed by atoms with Gasteiger partial charge in [0.1, 0.15) is 5.00 Å². The van der Waals surface area contributed by atoms with E-state index < -0.39 is 18.1 Å². The van der Waals surface area contributed by atoms with Crippen molar-refractivity contribution in [1.82, 2.24) is 9.69 Å². The van der Waals surface area contributed by atoms with Crippen LogP contribution in [0.5, 0.6) is 11.5 Å². The number of benzene rings is 1. The fraction of sp³-hybridized carbons (Fsp3) is 0.231. The second-order valence-electron chi connectivity index (χ2n) is 4.82. The summed E-state index contributed by atoms with van der Waals surface area (Å²) in [5.41, 5.74) is 0.622. The third-order valence-corrected chi connectivity index (χ3v) is 3.96. The topological polar surface area (TPSA) is 72.5 Å². The first-order chi connectivity index (χ1) is 11.2. The number of fused-ring (bicyclic) bond motifs is 1. The van der Waals surface area contributed by atoms with Gasteiger partial charge in [-0.25, -0.2) is 4.79 Å². The summed E-state index contributed by atoms with van der Waals surface area (Å²) in [5.74, 6) is -3.76. The second kappa shape index (κ2) is 5.71. The molecule has 0 fully saturated rings. The van der Waals surface area contributed by atoms with Gasteiger partial charge < -0.3 is 9.47 Å². The first-order valence-corrected chi connectivity index (χ1v) is 7.60. The quantitative estimate of drug-likeness (QED) is 0.829. The van der Waals surface area contributed by atoms with Crippen LogP contribution in [-0.4, -0.2) is 22.5 Å². The number of hydrogen-bond donors (Lipinski definition) is 2. The van der Waals surface area contributed by atoms with Gasteiger partial charge in [-0.2, -0.15) is 17.5 Å². The zero-order valence-electron chi connectivity index (χ0n) is 11.9. The van der Waals surface area contributed by atoms with Crippen molar-refractivity contribution in [2.24, 2.45) is 0 Å². The molecule has 1 atom stereocenters. The van der Waals surface area contributed by atoms with Gasteiger partial charge in [0, 0.05) is 11.1 Å². The Labute approximate surface area is 142 Å². The second-order valence-corrected chi connectivity index (χ2v) is 6.06. The zero-order valence-corrected chi connectivity index (χ0v) is 13.5. The minimum atomic E-state index is -5.04. The van der Waals surface area contributed by atoms with Crippen LogP contribution < -0.4 is 20.1 Å². The van der Waals surface area contributed by atoms with Gasteiger partial charge in [-0.05, 0) is 36.7 Å². The molecule has 2 N–H and O–H groups in total. The SMILES string of the molecule is Cc1cc(NC(=O)NC2(C(F)(F)F)Oc3ccc(Cl)cc3O2)sn1. The van der Waals surface area contributed by atoms with E-state index in [9.17, 15) is 18.0 Å². The lowest BCUT2D eigenvalue weighted by atomic mass is 10.3. The van der Waals surface area contributed by atoms with Gasteiger partial charge in [-0.1, -0.05) is 11.6 Å². The van der Waals surface area contributed by atoms with Gasteiger partial charge in [0.2, 0.25) is 0 Å². The fourth-order valence-corrected chi connectivity index (χ4v) is 2.75. The van der Waals surface area contributed by atoms with Crippen molar-refractivity contribution in [2.75, 3.05) is 5.32 Å². The molecule has 24 heavy (non-hydrogen) atoms. The molecular formula is C13H9ClF3N3O3S. The average molecular weight is 380 g/mol. The smallest absolute Gasteiger partial charge is 0.424 e. The highest BCUT2D eigenvalue weighted by molar-refractivity contribution is 7.10. The molecule has 2 amide bonds. The average Bonchev–Trinajstić information content (AvgIpc) is 3.01. The molecule has 2 heterocycles. The molecule has 1 aliphatic rings. The number of nitrogens with zero attached hydrogens (tertiary/aromatic N) is 1. The van der Waals surface area contributed by atoms with E-state index >= 15 is 0 Å². The molecule has 6 nitrogen and oxygen atoms in total. The maximum atomic E-state index is 13.4. The Morgan fingerprint density at radius 1 is 1.29 bits per heavy atom. The van der Waals surface area contributed by atoms with E-state index in [0.717, 1.165) is 17.6 Å². The minimum absolute atomic E-state index is 0.167. The summed E-state index contributed by atoms with van der Waals surface area (Å²) in [5, 5.41) is 4.36. The summed E-state index contributed by atoms with van der Waals surface area (Å²) >= 11 is 6.65. The molecule has 0 saturated carbocycles. The maximum Gasteiger partial charge on any atom is 0.492 e. The molecule has 128 valence electrons. The number of halogens is 4. The fourth-order valence-electron chi connectivity index (χ4n) is 1.93. The van der Waals surface area contributed by atoms with Crippen molar-refractivity contribution in [2.45, 2.75) is 19.0 Å². The number of nitrogens with one attached hydrogen (secondary N) is 2. The first-order valence-electron chi connectivity index (χ1n) is 6.45. The highest BCUT2D eigenvalue weighted by Gasteiger charge is 2.65. The summed E-state index contributed by atoms with van der Waals surface area (Å²) < 4.78 is 53.9. The van der Waals surface area contributed by atoms with Crippen LogP contribution in [0.3, 0.4) is 0 Å². The summed E-state index contributed by atoms with van der Waals surface area (Å²) in [6, 6.07) is 4.08. The standard InChI is InChI=1S/C13H9ClF3N3O3S/c1-6-4-10(24-20-6)18-11(21)19-13(12(15,16)17)22-8-3-2-7(14)5-9(8)23-13/h2-5H,1H3,(H2,18,19,21). The van der Waals surface area contributed by atoms with Gasteiger partial charge in [0.05, 0.1) is 5.69 Å². The third kappa shape index (κ3) is 3.06. The normalized spacial score (nSPS) is 19.2. The number of aromatic nitrogens is 1. The van der Waals surface area contributed by atoms with Gasteiger partial charge in [-0.3, -0.25) is 10.6 Å². The van der Waals surface area contributed by atoms with Gasteiger partial charge >= 0.3 is 18.1 Å². The molecule has 0 radical (unpaired) electrons. The maximum absolute atomic E-state index is 13.4. The molecule has 0 aliphatic carbocycles. The number of hydrogen-bond acceptors (Lipinski definition) is 5. The summed E-state index contributed by atoms with van der Waals surface area (Å²) in [6.07, 6.45) is -5.04. The van der Waals surface area contributed by atoms with Crippen molar-refractivity contribution in [3.63, 3.8) is 0 Å². The Hall–Kier alpha value is -2.20. The van der Waals surface area contributed by atoms with E-state index in [1.54, 1.807) is 12.2 Å². The lowest BCUT2D eigenvalue weighted by Gasteiger charge is -2.29.